The lowest BCUT2D eigenvalue weighted by Gasteiger charge is -1.98. The largest absolute Gasteiger partial charge is 0.619 e. The summed E-state index contributed by atoms with van der Waals surface area (Å²) in [6, 6.07) is 10.5. The van der Waals surface area contributed by atoms with Gasteiger partial charge in [-0.25, -0.2) is 0 Å². The first kappa shape index (κ1) is 28.7. The highest BCUT2D eigenvalue weighted by Gasteiger charge is 1.83. The maximum Gasteiger partial charge on any atom is 0.222 e. The Hall–Kier alpha value is -3.08. The Bertz CT molecular complexity index is 546. The highest BCUT2D eigenvalue weighted by Crippen LogP contribution is 1.91. The summed E-state index contributed by atoms with van der Waals surface area (Å²) < 4.78 is 3.50. The standard InChI is InChI=1S/C6H7N.C5H6NO.C5H5NO.3C2H6/c1-7-5-3-2-4-6-7;2*7-6-4-2-1-3-5-6;3*1-2/h2-6H,1H2;1-5,7H;1-5H;3*1-2H3/q;+1;;;;. The monoisotopic (exact) mass is 374 g/mol. The molecular formula is C22H36N3O2+. The average molecular weight is 375 g/mol. The molecule has 150 valence electrons. The van der Waals surface area contributed by atoms with Crippen molar-refractivity contribution < 1.29 is 19.2 Å². The van der Waals surface area contributed by atoms with Gasteiger partial charge in [0.05, 0.1) is 19.5 Å². The molecule has 2 aromatic heterocycles. The van der Waals surface area contributed by atoms with Crippen LogP contribution in [0.3, 0.4) is 0 Å². The molecule has 0 aromatic carbocycles. The number of hydrogen-bond donors (Lipinski definition) is 1. The van der Waals surface area contributed by atoms with E-state index in [1.54, 1.807) is 47.3 Å². The molecule has 1 N–H and O–H groups in total. The molecule has 2 aromatic rings. The van der Waals surface area contributed by atoms with Crippen LogP contribution in [0.15, 0.2) is 85.6 Å². The van der Waals surface area contributed by atoms with Gasteiger partial charge in [0, 0.05) is 29.0 Å². The second-order valence-corrected chi connectivity index (χ2v) is 3.88. The summed E-state index contributed by atoms with van der Waals surface area (Å²) >= 11 is 0. The summed E-state index contributed by atoms with van der Waals surface area (Å²) in [7, 11) is 0. The average Bonchev–Trinajstić information content (AvgIpc) is 2.75. The van der Waals surface area contributed by atoms with E-state index in [0.717, 1.165) is 9.46 Å². The molecule has 0 radical (unpaired) electrons. The molecule has 27 heavy (non-hydrogen) atoms. The third kappa shape index (κ3) is 22.9. The Balaban J connectivity index is -0.000000281. The smallest absolute Gasteiger partial charge is 0.222 e. The molecule has 0 unspecified atom stereocenters. The van der Waals surface area contributed by atoms with Crippen molar-refractivity contribution in [3.8, 4) is 0 Å². The van der Waals surface area contributed by atoms with Gasteiger partial charge in [-0.05, 0) is 0 Å². The van der Waals surface area contributed by atoms with E-state index < -0.39 is 0 Å². The molecule has 0 fully saturated rings. The molecule has 0 saturated heterocycles. The summed E-state index contributed by atoms with van der Waals surface area (Å²) in [6.07, 6.45) is 13.7. The van der Waals surface area contributed by atoms with Crippen molar-refractivity contribution in [2.75, 3.05) is 0 Å². The Morgan fingerprint density at radius 2 is 1.19 bits per heavy atom. The zero-order valence-corrected chi connectivity index (χ0v) is 17.6. The fourth-order valence-corrected chi connectivity index (χ4v) is 1.21. The number of hydrogen-bond acceptors (Lipinski definition) is 2. The summed E-state index contributed by atoms with van der Waals surface area (Å²) in [4.78, 5) is 0. The molecule has 1 aliphatic rings. The van der Waals surface area contributed by atoms with Crippen molar-refractivity contribution in [3.05, 3.63) is 97.4 Å². The van der Waals surface area contributed by atoms with Crippen LogP contribution in [-0.2, 0) is 0 Å². The minimum Gasteiger partial charge on any atom is -0.619 e. The molecule has 0 atom stereocenters. The van der Waals surface area contributed by atoms with Gasteiger partial charge in [0.1, 0.15) is 0 Å². The van der Waals surface area contributed by atoms with Crippen LogP contribution in [0.1, 0.15) is 41.5 Å². The van der Waals surface area contributed by atoms with Gasteiger partial charge in [-0.15, -0.1) is 6.08 Å². The van der Waals surface area contributed by atoms with Crippen molar-refractivity contribution in [1.82, 2.24) is 0 Å². The fourth-order valence-electron chi connectivity index (χ4n) is 1.21. The fraction of sp³-hybridized carbons (Fsp3) is 0.273. The molecule has 1 aliphatic heterocycles. The first-order chi connectivity index (χ1) is 13.2. The lowest BCUT2D eigenvalue weighted by molar-refractivity contribution is -0.904. The van der Waals surface area contributed by atoms with Crippen LogP contribution >= 0.6 is 0 Å². The zero-order valence-electron chi connectivity index (χ0n) is 17.6. The molecule has 0 saturated carbocycles. The van der Waals surface area contributed by atoms with Crippen molar-refractivity contribution in [3.63, 3.8) is 0 Å². The van der Waals surface area contributed by atoms with E-state index in [1.165, 1.54) is 12.4 Å². The number of nitrogens with zero attached hydrogens (tertiary/aromatic N) is 3. The molecule has 5 nitrogen and oxygen atoms in total. The Kier molecular flexibility index (Phi) is 26.8. The lowest BCUT2D eigenvalue weighted by Crippen LogP contribution is -2.27. The first-order valence-electron chi connectivity index (χ1n) is 9.25. The molecule has 0 spiro atoms. The quantitative estimate of drug-likeness (QED) is 0.318. The van der Waals surface area contributed by atoms with Crippen molar-refractivity contribution in [1.29, 1.82) is 0 Å². The van der Waals surface area contributed by atoms with Gasteiger partial charge in [-0.1, -0.05) is 65.8 Å². The van der Waals surface area contributed by atoms with Gasteiger partial charge in [0.2, 0.25) is 12.4 Å². The molecule has 3 heterocycles. The van der Waals surface area contributed by atoms with E-state index in [0.29, 0.717) is 0 Å². The molecule has 0 aliphatic carbocycles. The van der Waals surface area contributed by atoms with E-state index in [1.807, 2.05) is 78.6 Å². The maximum absolute atomic E-state index is 10.2. The second kappa shape index (κ2) is 25.2. The summed E-state index contributed by atoms with van der Waals surface area (Å²) in [5.74, 6) is 0. The number of allylic oxidation sites excluding steroid dienone is 2. The minimum atomic E-state index is 0.750. The summed E-state index contributed by atoms with van der Waals surface area (Å²) in [6.45, 7) is 17.5. The van der Waals surface area contributed by atoms with Crippen LogP contribution in [0.25, 0.3) is 0 Å². The van der Waals surface area contributed by atoms with E-state index in [4.69, 9.17) is 5.21 Å². The van der Waals surface area contributed by atoms with Crippen LogP contribution < -0.4 is 9.46 Å². The number of rotatable bonds is 0. The number of aromatic nitrogens is 2. The molecule has 5 heteroatoms. The molecule has 0 bridgehead atoms. The Labute approximate surface area is 165 Å². The van der Waals surface area contributed by atoms with Crippen molar-refractivity contribution in [2.24, 2.45) is 0 Å². The van der Waals surface area contributed by atoms with Gasteiger partial charge in [0.15, 0.2) is 12.4 Å². The van der Waals surface area contributed by atoms with E-state index in [9.17, 15) is 5.21 Å². The predicted octanol–water partition coefficient (Wildman–Crippen LogP) is 4.55. The zero-order chi connectivity index (χ0) is 21.3. The van der Waals surface area contributed by atoms with Crippen molar-refractivity contribution >= 4 is 6.72 Å². The van der Waals surface area contributed by atoms with Crippen LogP contribution in [0.2, 0.25) is 0 Å². The van der Waals surface area contributed by atoms with Gasteiger partial charge >= 0.3 is 0 Å². The highest BCUT2D eigenvalue weighted by atomic mass is 16.5. The third-order valence-corrected chi connectivity index (χ3v) is 2.17. The normalized spacial score (nSPS) is 9.48. The lowest BCUT2D eigenvalue weighted by atomic mass is 10.4. The van der Waals surface area contributed by atoms with Gasteiger partial charge in [-0.3, -0.25) is 5.21 Å². The van der Waals surface area contributed by atoms with Crippen LogP contribution in [0.5, 0.6) is 0 Å². The topological polar surface area (TPSA) is 54.1 Å². The molecule has 3 rings (SSSR count). The van der Waals surface area contributed by atoms with E-state index in [2.05, 4.69) is 6.72 Å². The maximum atomic E-state index is 10.2. The number of pyridine rings is 2. The van der Waals surface area contributed by atoms with Gasteiger partial charge in [-0.2, -0.15) is 4.73 Å². The van der Waals surface area contributed by atoms with E-state index in [-0.39, 0.29) is 0 Å². The second-order valence-electron chi connectivity index (χ2n) is 3.88. The van der Waals surface area contributed by atoms with Crippen molar-refractivity contribution in [2.45, 2.75) is 41.5 Å². The predicted molar refractivity (Wildman–Crippen MR) is 113 cm³/mol. The SMILES string of the molecule is C=[N+]1C=CC=C[CH-]1.CC.CC.CC.O[n+]1ccccc1.[O-][n+]1ccccc1. The third-order valence-electron chi connectivity index (χ3n) is 2.17. The Morgan fingerprint density at radius 1 is 0.741 bits per heavy atom. The van der Waals surface area contributed by atoms with Gasteiger partial charge in [0.25, 0.3) is 0 Å². The molecule has 0 amide bonds. The van der Waals surface area contributed by atoms with Crippen LogP contribution in [0.4, 0.5) is 0 Å². The Morgan fingerprint density at radius 3 is 1.37 bits per heavy atom. The van der Waals surface area contributed by atoms with Crippen LogP contribution in [0, 0.1) is 11.8 Å². The first-order valence-corrected chi connectivity index (χ1v) is 9.25. The summed E-state index contributed by atoms with van der Waals surface area (Å²) in [5, 5.41) is 18.7. The molecular weight excluding hydrogens is 338 g/mol. The van der Waals surface area contributed by atoms with Gasteiger partial charge < -0.3 is 9.78 Å². The summed E-state index contributed by atoms with van der Waals surface area (Å²) in [5.41, 5.74) is 0. The highest BCUT2D eigenvalue weighted by molar-refractivity contribution is 5.19. The van der Waals surface area contributed by atoms with Crippen LogP contribution in [-0.4, -0.2) is 16.5 Å². The minimum absolute atomic E-state index is 0.750. The van der Waals surface area contributed by atoms with E-state index >= 15 is 0 Å².